The summed E-state index contributed by atoms with van der Waals surface area (Å²) >= 11 is 0. The first-order valence-corrected chi connectivity index (χ1v) is 7.87. The Morgan fingerprint density at radius 3 is 1.85 bits per heavy atom. The van der Waals surface area contributed by atoms with Crippen LogP contribution in [0.15, 0.2) is 12.1 Å². The average molecular weight is 376 g/mol. The lowest BCUT2D eigenvalue weighted by atomic mass is 10.0. The van der Waals surface area contributed by atoms with Crippen LogP contribution in [0.3, 0.4) is 0 Å². The topological polar surface area (TPSA) is 84.4 Å². The third kappa shape index (κ3) is 6.73. The number of ether oxygens (including phenoxy) is 2. The SMILES string of the molecule is CCOc1nc(-c2ccc(N)c(C)c2C)nc(OCC)[nH+]1.F[B-](F)(F)F. The van der Waals surface area contributed by atoms with E-state index in [-0.39, 0.29) is 0 Å². The molecule has 0 atom stereocenters. The molecule has 26 heavy (non-hydrogen) atoms. The maximum atomic E-state index is 9.75. The zero-order chi connectivity index (χ0) is 19.9. The van der Waals surface area contributed by atoms with E-state index < -0.39 is 7.25 Å². The van der Waals surface area contributed by atoms with E-state index in [0.29, 0.717) is 31.1 Å². The maximum absolute atomic E-state index is 9.75. The number of nitrogen functional groups attached to an aromatic ring is 1. The number of rotatable bonds is 5. The quantitative estimate of drug-likeness (QED) is 0.492. The van der Waals surface area contributed by atoms with Crippen molar-refractivity contribution in [2.75, 3.05) is 18.9 Å². The molecule has 0 saturated carbocycles. The van der Waals surface area contributed by atoms with Gasteiger partial charge in [-0.3, -0.25) is 0 Å². The van der Waals surface area contributed by atoms with Gasteiger partial charge in [-0.2, -0.15) is 4.98 Å². The largest absolute Gasteiger partial charge is 0.673 e. The molecule has 1 aromatic heterocycles. The summed E-state index contributed by atoms with van der Waals surface area (Å²) in [6.45, 7) is 8.80. The fourth-order valence-electron chi connectivity index (χ4n) is 1.98. The number of hydrogen-bond acceptors (Lipinski definition) is 5. The van der Waals surface area contributed by atoms with Crippen LogP contribution < -0.4 is 20.2 Å². The van der Waals surface area contributed by atoms with E-state index in [9.17, 15) is 17.3 Å². The lowest BCUT2D eigenvalue weighted by molar-refractivity contribution is -0.418. The van der Waals surface area contributed by atoms with Crippen LogP contribution in [0.4, 0.5) is 23.0 Å². The molecular weight excluding hydrogens is 355 g/mol. The molecule has 11 heteroatoms. The second-order valence-electron chi connectivity index (χ2n) is 5.10. The summed E-state index contributed by atoms with van der Waals surface area (Å²) in [5.74, 6) is 0.557. The van der Waals surface area contributed by atoms with E-state index in [4.69, 9.17) is 15.2 Å². The summed E-state index contributed by atoms with van der Waals surface area (Å²) in [5, 5.41) is 0. The van der Waals surface area contributed by atoms with Gasteiger partial charge in [0.25, 0.3) is 0 Å². The van der Waals surface area contributed by atoms with Crippen molar-refractivity contribution in [1.82, 2.24) is 9.97 Å². The Morgan fingerprint density at radius 2 is 1.42 bits per heavy atom. The number of anilines is 1. The number of nitrogens with zero attached hydrogens (tertiary/aromatic N) is 2. The highest BCUT2D eigenvalue weighted by atomic mass is 19.5. The van der Waals surface area contributed by atoms with Crippen molar-refractivity contribution in [3.8, 4) is 23.4 Å². The predicted octanol–water partition coefficient (Wildman–Crippen LogP) is 3.25. The fourth-order valence-corrected chi connectivity index (χ4v) is 1.98. The molecule has 0 aliphatic rings. The van der Waals surface area contributed by atoms with Crippen molar-refractivity contribution in [2.45, 2.75) is 27.7 Å². The molecule has 1 heterocycles. The number of aromatic amines is 1. The minimum atomic E-state index is -6.00. The highest BCUT2D eigenvalue weighted by Crippen LogP contribution is 2.27. The van der Waals surface area contributed by atoms with Crippen LogP contribution in [0.2, 0.25) is 0 Å². The third-order valence-corrected chi connectivity index (χ3v) is 3.26. The highest BCUT2D eigenvalue weighted by molar-refractivity contribution is 6.50. The molecule has 2 rings (SSSR count). The van der Waals surface area contributed by atoms with Gasteiger partial charge < -0.3 is 32.5 Å². The number of benzene rings is 1. The molecule has 1 aromatic carbocycles. The molecule has 144 valence electrons. The Balaban J connectivity index is 0.000000597. The smallest absolute Gasteiger partial charge is 0.441 e. The first-order valence-electron chi connectivity index (χ1n) is 7.87. The summed E-state index contributed by atoms with van der Waals surface area (Å²) in [6.07, 6.45) is 0. The van der Waals surface area contributed by atoms with E-state index in [1.807, 2.05) is 39.8 Å². The van der Waals surface area contributed by atoms with Crippen LogP contribution in [-0.4, -0.2) is 30.4 Å². The summed E-state index contributed by atoms with van der Waals surface area (Å²) < 4.78 is 49.9. The van der Waals surface area contributed by atoms with E-state index in [1.165, 1.54) is 0 Å². The number of nitrogens with two attached hydrogens (primary N) is 1. The second-order valence-corrected chi connectivity index (χ2v) is 5.10. The Morgan fingerprint density at radius 1 is 0.962 bits per heavy atom. The number of aromatic nitrogens is 3. The summed E-state index contributed by atoms with van der Waals surface area (Å²) in [6, 6.07) is 4.55. The lowest BCUT2D eigenvalue weighted by Gasteiger charge is -2.08. The van der Waals surface area contributed by atoms with Crippen LogP contribution in [-0.2, 0) is 0 Å². The maximum Gasteiger partial charge on any atom is 0.673 e. The zero-order valence-electron chi connectivity index (χ0n) is 14.9. The number of hydrogen-bond donors (Lipinski definition) is 1. The number of nitrogens with one attached hydrogen (secondary N) is 1. The summed E-state index contributed by atoms with van der Waals surface area (Å²) in [4.78, 5) is 11.7. The average Bonchev–Trinajstić information content (AvgIpc) is 2.51. The molecule has 3 N–H and O–H groups in total. The van der Waals surface area contributed by atoms with Crippen molar-refractivity contribution in [2.24, 2.45) is 0 Å². The first-order chi connectivity index (χ1) is 12.1. The van der Waals surface area contributed by atoms with Gasteiger partial charge in [-0.05, 0) is 60.9 Å². The highest BCUT2D eigenvalue weighted by Gasteiger charge is 2.21. The van der Waals surface area contributed by atoms with Gasteiger partial charge in [0.05, 0.1) is 18.8 Å². The predicted molar refractivity (Wildman–Crippen MR) is 90.4 cm³/mol. The zero-order valence-corrected chi connectivity index (χ0v) is 14.9. The Kier molecular flexibility index (Phi) is 7.60. The van der Waals surface area contributed by atoms with Gasteiger partial charge in [-0.25, -0.2) is 0 Å². The van der Waals surface area contributed by atoms with Crippen molar-refractivity contribution in [3.05, 3.63) is 23.3 Å². The van der Waals surface area contributed by atoms with Crippen LogP contribution in [0.25, 0.3) is 11.4 Å². The molecule has 0 aliphatic carbocycles. The summed E-state index contributed by atoms with van der Waals surface area (Å²) in [7, 11) is -6.00. The Hall–Kier alpha value is -2.59. The molecule has 0 amide bonds. The molecule has 0 spiro atoms. The lowest BCUT2D eigenvalue weighted by Crippen LogP contribution is -2.18. The van der Waals surface area contributed by atoms with E-state index in [0.717, 1.165) is 22.4 Å². The van der Waals surface area contributed by atoms with Crippen LogP contribution >= 0.6 is 0 Å². The standard InChI is InChI=1S/C15H20N4O2.BF4/c1-5-20-14-17-13(18-15(19-14)21-6-2)11-7-8-12(16)10(4)9(11)3;2-1(3,4)5/h7-8H,5-6,16H2,1-4H3;/q;-1/p+1. The van der Waals surface area contributed by atoms with Crippen molar-refractivity contribution in [1.29, 1.82) is 0 Å². The molecule has 6 nitrogen and oxygen atoms in total. The van der Waals surface area contributed by atoms with E-state index in [2.05, 4.69) is 15.0 Å². The van der Waals surface area contributed by atoms with Crippen LogP contribution in [0.1, 0.15) is 25.0 Å². The molecule has 0 aliphatic heterocycles. The molecule has 0 unspecified atom stereocenters. The Labute approximate surface area is 148 Å². The second kappa shape index (κ2) is 9.21. The van der Waals surface area contributed by atoms with Gasteiger partial charge >= 0.3 is 25.1 Å². The van der Waals surface area contributed by atoms with Crippen molar-refractivity contribution in [3.63, 3.8) is 0 Å². The molecule has 0 bridgehead atoms. The Bertz CT molecular complexity index is 714. The van der Waals surface area contributed by atoms with Gasteiger partial charge in [0, 0.05) is 5.69 Å². The molecule has 0 saturated heterocycles. The summed E-state index contributed by atoms with van der Waals surface area (Å²) in [5.41, 5.74) is 9.67. The van der Waals surface area contributed by atoms with Crippen LogP contribution in [0.5, 0.6) is 12.0 Å². The normalized spacial score (nSPS) is 10.8. The molecule has 0 fully saturated rings. The molecule has 0 radical (unpaired) electrons. The molecular formula is C15H21BF4N4O2. The van der Waals surface area contributed by atoms with Gasteiger partial charge in [-0.1, -0.05) is 0 Å². The molecule has 2 aromatic rings. The fraction of sp³-hybridized carbons (Fsp3) is 0.400. The monoisotopic (exact) mass is 376 g/mol. The third-order valence-electron chi connectivity index (χ3n) is 3.26. The van der Waals surface area contributed by atoms with Gasteiger partial charge in [0.2, 0.25) is 0 Å². The van der Waals surface area contributed by atoms with Gasteiger partial charge in [0.1, 0.15) is 0 Å². The first kappa shape index (κ1) is 21.5. The number of halogens is 4. The van der Waals surface area contributed by atoms with Gasteiger partial charge in [0.15, 0.2) is 0 Å². The minimum Gasteiger partial charge on any atom is -0.441 e. The van der Waals surface area contributed by atoms with E-state index in [1.54, 1.807) is 0 Å². The van der Waals surface area contributed by atoms with Crippen molar-refractivity contribution < 1.29 is 31.7 Å². The van der Waals surface area contributed by atoms with Gasteiger partial charge in [-0.15, -0.1) is 0 Å². The van der Waals surface area contributed by atoms with Crippen molar-refractivity contribution >= 4 is 12.9 Å². The minimum absolute atomic E-state index is 0.389. The van der Waals surface area contributed by atoms with Crippen LogP contribution in [0, 0.1) is 13.8 Å². The van der Waals surface area contributed by atoms with E-state index >= 15 is 0 Å². The number of H-pyrrole nitrogens is 1.